The Morgan fingerprint density at radius 3 is 1.58 bits per heavy atom. The van der Waals surface area contributed by atoms with Gasteiger partial charge in [-0.1, -0.05) is 79.9 Å². The van der Waals surface area contributed by atoms with E-state index in [2.05, 4.69) is 70.5 Å². The zero-order valence-corrected chi connectivity index (χ0v) is 17.9. The Morgan fingerprint density at radius 1 is 0.710 bits per heavy atom. The maximum Gasteiger partial charge on any atom is 0.414 e. The molecule has 2 aromatic carbocycles. The van der Waals surface area contributed by atoms with Crippen LogP contribution in [-0.4, -0.2) is 64.2 Å². The van der Waals surface area contributed by atoms with E-state index >= 15 is 0 Å². The van der Waals surface area contributed by atoms with E-state index in [1.165, 1.54) is 69.4 Å². The fourth-order valence-corrected chi connectivity index (χ4v) is 4.69. The highest BCUT2D eigenvalue weighted by Gasteiger charge is 2.29. The molecular weight excluding hydrogens is 392 g/mol. The Morgan fingerprint density at radius 2 is 1.16 bits per heavy atom. The Labute approximate surface area is 184 Å². The summed E-state index contributed by atoms with van der Waals surface area (Å²) in [5, 5.41) is 14.8. The van der Waals surface area contributed by atoms with Crippen LogP contribution in [0, 0.1) is 0 Å². The molecule has 2 aliphatic rings. The lowest BCUT2D eigenvalue weighted by Gasteiger charge is -2.43. The lowest BCUT2D eigenvalue weighted by atomic mass is 9.93. The molecule has 1 aliphatic heterocycles. The Kier molecular flexibility index (Phi) is 8.62. The zero-order valence-electron chi connectivity index (χ0n) is 17.9. The van der Waals surface area contributed by atoms with Crippen LogP contribution in [0.25, 0.3) is 0 Å². The van der Waals surface area contributed by atoms with Crippen molar-refractivity contribution < 1.29 is 19.8 Å². The minimum atomic E-state index is -1.82. The van der Waals surface area contributed by atoms with Crippen molar-refractivity contribution in [2.45, 2.75) is 44.2 Å². The van der Waals surface area contributed by atoms with E-state index in [1.54, 1.807) is 0 Å². The van der Waals surface area contributed by atoms with Gasteiger partial charge in [0.1, 0.15) is 0 Å². The van der Waals surface area contributed by atoms with Crippen LogP contribution >= 0.6 is 0 Å². The lowest BCUT2D eigenvalue weighted by Crippen LogP contribution is -2.51. The summed E-state index contributed by atoms with van der Waals surface area (Å²) < 4.78 is 0. The second-order valence-electron chi connectivity index (χ2n) is 8.20. The van der Waals surface area contributed by atoms with E-state index in [0.29, 0.717) is 6.04 Å². The quantitative estimate of drug-likeness (QED) is 0.725. The predicted molar refractivity (Wildman–Crippen MR) is 120 cm³/mol. The van der Waals surface area contributed by atoms with E-state index in [0.717, 1.165) is 6.04 Å². The smallest absolute Gasteiger partial charge is 0.414 e. The fourth-order valence-electron chi connectivity index (χ4n) is 4.69. The Balaban J connectivity index is 0.000000401. The molecule has 166 valence electrons. The molecule has 4 rings (SSSR count). The van der Waals surface area contributed by atoms with E-state index in [9.17, 15) is 0 Å². The third-order valence-corrected chi connectivity index (χ3v) is 6.22. The van der Waals surface area contributed by atoms with Crippen LogP contribution in [0.2, 0.25) is 0 Å². The number of carboxylic acid groups (broad SMARTS) is 2. The van der Waals surface area contributed by atoms with E-state index in [-0.39, 0.29) is 0 Å². The molecule has 1 heterocycles. The zero-order chi connectivity index (χ0) is 22.1. The standard InChI is InChI=1S/C23H30N2.C2H2O4/c1-4-10-20(11-5-1)23(21-12-6-2-7-13-21)25-18-16-24(17-19-25)22-14-8-3-9-15-22;3-1(4)2(5)6/h1-2,4-7,10-13,22-23H,3,8-9,14-19H2;(H,3,4)(H,5,6). The molecule has 2 fully saturated rings. The molecule has 1 saturated heterocycles. The average molecular weight is 425 g/mol. The maximum atomic E-state index is 9.10. The van der Waals surface area contributed by atoms with Crippen LogP contribution < -0.4 is 0 Å². The summed E-state index contributed by atoms with van der Waals surface area (Å²) in [6, 6.07) is 23.3. The molecule has 0 radical (unpaired) electrons. The van der Waals surface area contributed by atoms with Gasteiger partial charge in [-0.3, -0.25) is 9.80 Å². The summed E-state index contributed by atoms with van der Waals surface area (Å²) in [7, 11) is 0. The van der Waals surface area contributed by atoms with E-state index in [4.69, 9.17) is 19.8 Å². The summed E-state index contributed by atoms with van der Waals surface area (Å²) in [5.74, 6) is -3.65. The highest BCUT2D eigenvalue weighted by molar-refractivity contribution is 6.27. The van der Waals surface area contributed by atoms with Crippen molar-refractivity contribution in [2.24, 2.45) is 0 Å². The number of piperazine rings is 1. The first-order chi connectivity index (χ1) is 15.1. The van der Waals surface area contributed by atoms with Gasteiger partial charge in [-0.05, 0) is 24.0 Å². The monoisotopic (exact) mass is 424 g/mol. The van der Waals surface area contributed by atoms with Crippen molar-refractivity contribution in [3.63, 3.8) is 0 Å². The summed E-state index contributed by atoms with van der Waals surface area (Å²) in [6.45, 7) is 4.79. The largest absolute Gasteiger partial charge is 0.473 e. The number of hydrogen-bond donors (Lipinski definition) is 2. The first kappa shape index (κ1) is 23.0. The molecule has 2 N–H and O–H groups in total. The van der Waals surface area contributed by atoms with Crippen molar-refractivity contribution in [3.05, 3.63) is 71.8 Å². The number of carboxylic acids is 2. The van der Waals surface area contributed by atoms with Gasteiger partial charge >= 0.3 is 11.9 Å². The van der Waals surface area contributed by atoms with Crippen LogP contribution in [-0.2, 0) is 9.59 Å². The number of hydrogen-bond acceptors (Lipinski definition) is 4. The predicted octanol–water partition coefficient (Wildman–Crippen LogP) is 3.88. The molecule has 0 aromatic heterocycles. The van der Waals surface area contributed by atoms with Crippen LogP contribution in [0.3, 0.4) is 0 Å². The second-order valence-corrected chi connectivity index (χ2v) is 8.20. The van der Waals surface area contributed by atoms with Gasteiger partial charge in [-0.25, -0.2) is 9.59 Å². The van der Waals surface area contributed by atoms with Crippen LogP contribution in [0.15, 0.2) is 60.7 Å². The molecule has 0 unspecified atom stereocenters. The summed E-state index contributed by atoms with van der Waals surface area (Å²) in [4.78, 5) is 23.7. The molecule has 31 heavy (non-hydrogen) atoms. The van der Waals surface area contributed by atoms with Crippen molar-refractivity contribution in [2.75, 3.05) is 26.2 Å². The van der Waals surface area contributed by atoms with Gasteiger partial charge < -0.3 is 10.2 Å². The van der Waals surface area contributed by atoms with Gasteiger partial charge in [-0.2, -0.15) is 0 Å². The highest BCUT2D eigenvalue weighted by Crippen LogP contribution is 2.31. The third-order valence-electron chi connectivity index (χ3n) is 6.22. The van der Waals surface area contributed by atoms with E-state index in [1.807, 2.05) is 0 Å². The summed E-state index contributed by atoms with van der Waals surface area (Å²) in [5.41, 5.74) is 2.83. The number of benzene rings is 2. The normalized spacial score (nSPS) is 18.2. The lowest BCUT2D eigenvalue weighted by molar-refractivity contribution is -0.159. The van der Waals surface area contributed by atoms with Gasteiger partial charge in [0.15, 0.2) is 0 Å². The first-order valence-electron chi connectivity index (χ1n) is 11.1. The van der Waals surface area contributed by atoms with Crippen LogP contribution in [0.1, 0.15) is 49.3 Å². The molecule has 0 spiro atoms. The average Bonchev–Trinajstić information content (AvgIpc) is 2.82. The molecule has 6 heteroatoms. The van der Waals surface area contributed by atoms with Gasteiger partial charge in [0.05, 0.1) is 6.04 Å². The second kappa shape index (κ2) is 11.6. The van der Waals surface area contributed by atoms with Crippen molar-refractivity contribution in [3.8, 4) is 0 Å². The van der Waals surface area contributed by atoms with Gasteiger partial charge in [0.2, 0.25) is 0 Å². The van der Waals surface area contributed by atoms with Crippen molar-refractivity contribution >= 4 is 11.9 Å². The number of nitrogens with zero attached hydrogens (tertiary/aromatic N) is 2. The van der Waals surface area contributed by atoms with Gasteiger partial charge in [0.25, 0.3) is 0 Å². The molecule has 0 bridgehead atoms. The third kappa shape index (κ3) is 6.64. The minimum absolute atomic E-state index is 0.385. The maximum absolute atomic E-state index is 9.10. The molecule has 1 aliphatic carbocycles. The molecule has 1 saturated carbocycles. The minimum Gasteiger partial charge on any atom is -0.473 e. The Bertz CT molecular complexity index is 762. The molecule has 0 atom stereocenters. The number of rotatable bonds is 4. The van der Waals surface area contributed by atoms with Crippen molar-refractivity contribution in [1.82, 2.24) is 9.80 Å². The molecule has 6 nitrogen and oxygen atoms in total. The fraction of sp³-hybridized carbons (Fsp3) is 0.440. The first-order valence-corrected chi connectivity index (χ1v) is 11.1. The topological polar surface area (TPSA) is 81.1 Å². The van der Waals surface area contributed by atoms with E-state index < -0.39 is 11.9 Å². The molecule has 0 amide bonds. The number of aliphatic carboxylic acids is 2. The summed E-state index contributed by atoms with van der Waals surface area (Å²) >= 11 is 0. The van der Waals surface area contributed by atoms with Crippen molar-refractivity contribution in [1.29, 1.82) is 0 Å². The molecular formula is C25H32N2O4. The van der Waals surface area contributed by atoms with Gasteiger partial charge in [-0.15, -0.1) is 0 Å². The SMILES string of the molecule is O=C(O)C(=O)O.c1ccc(C(c2ccccc2)N2CCN(C3CCCCC3)CC2)cc1. The number of carbonyl (C=O) groups is 2. The van der Waals surface area contributed by atoms with Crippen LogP contribution in [0.4, 0.5) is 0 Å². The summed E-state index contributed by atoms with van der Waals surface area (Å²) in [6.07, 6.45) is 7.14. The highest BCUT2D eigenvalue weighted by atomic mass is 16.4. The molecule has 2 aromatic rings. The van der Waals surface area contributed by atoms with Gasteiger partial charge in [0, 0.05) is 32.2 Å². The Hall–Kier alpha value is -2.70. The van der Waals surface area contributed by atoms with Crippen LogP contribution in [0.5, 0.6) is 0 Å².